The van der Waals surface area contributed by atoms with Gasteiger partial charge in [0.2, 0.25) is 0 Å². The predicted molar refractivity (Wildman–Crippen MR) is 426 cm³/mol. The third kappa shape index (κ3) is 79.6. The van der Waals surface area contributed by atoms with Crippen LogP contribution in [0.15, 0.2) is 207 Å². The maximum Gasteiger partial charge on any atom is 0.472 e. The Bertz CT molecular complexity index is 2410. The highest BCUT2D eigenvalue weighted by molar-refractivity contribution is 7.47. The molecule has 0 aromatic carbocycles. The van der Waals surface area contributed by atoms with Gasteiger partial charge in [0.25, 0.3) is 0 Å². The Morgan fingerprint density at radius 2 is 0.551 bits per heavy atom. The molecule has 0 aromatic rings. The van der Waals surface area contributed by atoms with Gasteiger partial charge < -0.3 is 18.9 Å². The lowest BCUT2D eigenvalue weighted by Gasteiger charge is -2.24. The van der Waals surface area contributed by atoms with Crippen LogP contribution in [0.1, 0.15) is 284 Å². The van der Waals surface area contributed by atoms with Crippen molar-refractivity contribution < 1.29 is 42.1 Å². The Hall–Kier alpha value is -5.41. The van der Waals surface area contributed by atoms with Crippen LogP contribution < -0.4 is 0 Å². The molecule has 0 bridgehead atoms. The average Bonchev–Trinajstić information content (AvgIpc) is 1.08. The molecule has 0 saturated carbocycles. The van der Waals surface area contributed by atoms with Gasteiger partial charge in [0.15, 0.2) is 6.10 Å². The molecule has 0 rings (SSSR count). The zero-order valence-corrected chi connectivity index (χ0v) is 63.8. The molecule has 0 fully saturated rings. The number of carbonyl (C=O) groups excluding carboxylic acids is 2. The van der Waals surface area contributed by atoms with E-state index in [2.05, 4.69) is 220 Å². The highest BCUT2D eigenvalue weighted by Gasteiger charge is 2.27. The summed E-state index contributed by atoms with van der Waals surface area (Å²) in [6.45, 7) is 4.16. The van der Waals surface area contributed by atoms with E-state index in [1.807, 2.05) is 21.1 Å². The van der Waals surface area contributed by atoms with Gasteiger partial charge in [-0.1, -0.05) is 330 Å². The number of hydrogen-bond acceptors (Lipinski definition) is 7. The highest BCUT2D eigenvalue weighted by atomic mass is 31.2. The van der Waals surface area contributed by atoms with Gasteiger partial charge in [0.1, 0.15) is 19.8 Å². The van der Waals surface area contributed by atoms with E-state index in [1.54, 1.807) is 0 Å². The minimum absolute atomic E-state index is 0.0152. The first kappa shape index (κ1) is 92.6. The molecule has 552 valence electrons. The Balaban J connectivity index is 4.12. The molecule has 0 amide bonds. The fraction of sp³-hybridized carbons (Fsp3) is 0.591. The van der Waals surface area contributed by atoms with Crippen LogP contribution in [0.2, 0.25) is 0 Å². The topological polar surface area (TPSA) is 108 Å². The number of rotatable bonds is 69. The van der Waals surface area contributed by atoms with Crippen LogP contribution >= 0.6 is 7.82 Å². The molecule has 0 spiro atoms. The van der Waals surface area contributed by atoms with E-state index in [1.165, 1.54) is 103 Å². The molecule has 9 nitrogen and oxygen atoms in total. The van der Waals surface area contributed by atoms with Gasteiger partial charge >= 0.3 is 19.8 Å². The largest absolute Gasteiger partial charge is 0.472 e. The summed E-state index contributed by atoms with van der Waals surface area (Å²) < 4.78 is 34.7. The average molecular weight is 1370 g/mol. The number of phosphoric acid groups is 1. The molecule has 0 aliphatic heterocycles. The molecule has 0 heterocycles. The molecular formula is C88H143NO8P+. The van der Waals surface area contributed by atoms with Crippen LogP contribution in [-0.4, -0.2) is 74.9 Å². The second-order valence-corrected chi connectivity index (χ2v) is 27.7. The minimum atomic E-state index is -4.42. The van der Waals surface area contributed by atoms with Crippen molar-refractivity contribution in [1.82, 2.24) is 0 Å². The molecule has 0 saturated heterocycles. The monoisotopic (exact) mass is 1370 g/mol. The molecule has 10 heteroatoms. The van der Waals surface area contributed by atoms with Gasteiger partial charge in [-0.25, -0.2) is 4.57 Å². The summed E-state index contributed by atoms with van der Waals surface area (Å²) in [5, 5.41) is 0. The van der Waals surface area contributed by atoms with Crippen molar-refractivity contribution in [3.8, 4) is 0 Å². The van der Waals surface area contributed by atoms with Crippen molar-refractivity contribution in [1.29, 1.82) is 0 Å². The van der Waals surface area contributed by atoms with Crippen LogP contribution in [0, 0.1) is 0 Å². The zero-order valence-electron chi connectivity index (χ0n) is 62.9. The second-order valence-electron chi connectivity index (χ2n) is 26.3. The molecule has 0 aromatic heterocycles. The molecule has 98 heavy (non-hydrogen) atoms. The fourth-order valence-electron chi connectivity index (χ4n) is 9.97. The molecule has 0 radical (unpaired) electrons. The number of carbonyl (C=O) groups is 2. The lowest BCUT2D eigenvalue weighted by atomic mass is 10.0. The summed E-state index contributed by atoms with van der Waals surface area (Å²) in [6, 6.07) is 0. The number of likely N-dealkylation sites (N-methyl/N-ethyl adjacent to an activating group) is 1. The number of quaternary nitrogens is 1. The summed E-state index contributed by atoms with van der Waals surface area (Å²) >= 11 is 0. The molecule has 0 aliphatic rings. The van der Waals surface area contributed by atoms with E-state index >= 15 is 0 Å². The number of ether oxygens (including phenoxy) is 2. The van der Waals surface area contributed by atoms with Crippen LogP contribution in [0.5, 0.6) is 0 Å². The maximum atomic E-state index is 12.9. The van der Waals surface area contributed by atoms with Gasteiger partial charge in [-0.2, -0.15) is 0 Å². The molecular weight excluding hydrogens is 1230 g/mol. The lowest BCUT2D eigenvalue weighted by Crippen LogP contribution is -2.37. The van der Waals surface area contributed by atoms with Gasteiger partial charge in [0.05, 0.1) is 27.7 Å². The van der Waals surface area contributed by atoms with Crippen LogP contribution in [0.4, 0.5) is 0 Å². The normalized spacial score (nSPS) is 14.2. The second kappa shape index (κ2) is 75.8. The van der Waals surface area contributed by atoms with Crippen molar-refractivity contribution in [2.45, 2.75) is 290 Å². The third-order valence-corrected chi connectivity index (χ3v) is 16.8. The highest BCUT2D eigenvalue weighted by Crippen LogP contribution is 2.43. The van der Waals surface area contributed by atoms with Gasteiger partial charge in [-0.05, 0) is 148 Å². The summed E-state index contributed by atoms with van der Waals surface area (Å²) in [7, 11) is 1.43. The number of unbranched alkanes of at least 4 members (excludes halogenated alkanes) is 21. The van der Waals surface area contributed by atoms with Crippen molar-refractivity contribution >= 4 is 19.8 Å². The summed E-state index contributed by atoms with van der Waals surface area (Å²) in [6.07, 6.45) is 120. The number of esters is 2. The maximum absolute atomic E-state index is 12.9. The van der Waals surface area contributed by atoms with E-state index in [-0.39, 0.29) is 32.0 Å². The molecule has 2 unspecified atom stereocenters. The zero-order chi connectivity index (χ0) is 71.1. The van der Waals surface area contributed by atoms with Gasteiger partial charge in [0, 0.05) is 12.8 Å². The Labute approximate surface area is 602 Å². The van der Waals surface area contributed by atoms with Crippen LogP contribution in [-0.2, 0) is 32.7 Å². The lowest BCUT2D eigenvalue weighted by molar-refractivity contribution is -0.870. The summed E-state index contributed by atoms with van der Waals surface area (Å²) in [5.74, 6) is -0.843. The van der Waals surface area contributed by atoms with E-state index in [9.17, 15) is 19.0 Å². The Morgan fingerprint density at radius 3 is 0.827 bits per heavy atom. The van der Waals surface area contributed by atoms with E-state index < -0.39 is 26.5 Å². The SMILES string of the molecule is CC/C=C\C/C=C\C/C=C\C/C=C\C/C=C\C/C=C\C/C=C\C/C=C\C/C=C\C/C=C\C/C=C\CCCCCC(=O)OC(COC(=O)CCCCCCCCCCCCCCCCCCCC/C=C\C/C=C\C/C=C\C/C=C\C/C=C\C/C=C\CC)COP(=O)(O)OCC[N+](C)(C)C. The van der Waals surface area contributed by atoms with Crippen LogP contribution in [0.3, 0.4) is 0 Å². The summed E-state index contributed by atoms with van der Waals surface area (Å²) in [4.78, 5) is 36.0. The first-order chi connectivity index (χ1) is 48.0. The minimum Gasteiger partial charge on any atom is -0.462 e. The number of hydrogen-bond donors (Lipinski definition) is 1. The molecule has 1 N–H and O–H groups in total. The molecule has 2 atom stereocenters. The van der Waals surface area contributed by atoms with Crippen molar-refractivity contribution in [3.05, 3.63) is 207 Å². The quantitative estimate of drug-likeness (QED) is 0.0211. The van der Waals surface area contributed by atoms with Crippen molar-refractivity contribution in [2.24, 2.45) is 0 Å². The van der Waals surface area contributed by atoms with Crippen LogP contribution in [0.25, 0.3) is 0 Å². The van der Waals surface area contributed by atoms with E-state index in [0.717, 1.165) is 148 Å². The standard InChI is InChI=1S/C88H142NO8P/c1-6-8-10-12-14-16-18-20-22-24-26-28-30-32-34-36-38-40-42-44-46-48-50-52-54-56-58-60-62-64-66-68-70-72-74-76-78-80-87(90)94-84-86(85-96-98(92,93)95-83-82-89(3,4)5)97-88(91)81-79-77-75-73-71-69-67-65-63-61-59-57-55-53-51-49-47-45-43-41-39-37-35-33-31-29-27-25-23-21-19-17-15-13-11-9-7-2/h8-11,14-17,20-23,26-29,32-35,38-41,45,47,51,53,57,59,63,65,69,71,86H,6-7,12-13,18-19,24-25,30-31,36-37,42-44,46,48-50,52,54-56,58,60-62,64,66-68,70,72-85H2,1-5H3/p+1/b10-8-,11-9-,16-14-,17-15-,22-20-,23-21-,28-26-,29-27-,34-32-,35-33-,40-38-,41-39-,47-45-,53-51-,59-57-,65-63-,71-69-. The fourth-order valence-corrected chi connectivity index (χ4v) is 10.7. The third-order valence-electron chi connectivity index (χ3n) is 15.8. The van der Waals surface area contributed by atoms with E-state index in [0.29, 0.717) is 17.4 Å². The van der Waals surface area contributed by atoms with Crippen molar-refractivity contribution in [3.63, 3.8) is 0 Å². The first-order valence-electron chi connectivity index (χ1n) is 38.8. The van der Waals surface area contributed by atoms with E-state index in [4.69, 9.17) is 18.5 Å². The predicted octanol–water partition coefficient (Wildman–Crippen LogP) is 26.2. The smallest absolute Gasteiger partial charge is 0.462 e. The number of allylic oxidation sites excluding steroid dienone is 34. The molecule has 0 aliphatic carbocycles. The summed E-state index contributed by atoms with van der Waals surface area (Å²) in [5.41, 5.74) is 0. The van der Waals surface area contributed by atoms with Gasteiger partial charge in [-0.3, -0.25) is 18.6 Å². The van der Waals surface area contributed by atoms with Gasteiger partial charge in [-0.15, -0.1) is 0 Å². The number of nitrogens with zero attached hydrogens (tertiary/aromatic N) is 1. The number of phosphoric ester groups is 1. The van der Waals surface area contributed by atoms with Crippen molar-refractivity contribution in [2.75, 3.05) is 47.5 Å². The first-order valence-corrected chi connectivity index (χ1v) is 40.3. The Morgan fingerprint density at radius 1 is 0.316 bits per heavy atom. The Kier molecular flexibility index (Phi) is 71.6.